The number of nitrogens with one attached hydrogen (secondary N) is 2. The molecule has 1 saturated heterocycles. The molecule has 1 atom stereocenters. The van der Waals surface area contributed by atoms with E-state index in [1.54, 1.807) is 12.1 Å². The minimum Gasteiger partial charge on any atom is -0.382 e. The van der Waals surface area contributed by atoms with Gasteiger partial charge in [-0.15, -0.1) is 0 Å². The number of rotatable bonds is 16. The third-order valence-electron chi connectivity index (χ3n) is 7.07. The maximum absolute atomic E-state index is 13.1. The van der Waals surface area contributed by atoms with E-state index in [1.807, 2.05) is 25.1 Å². The first-order valence-corrected chi connectivity index (χ1v) is 15.0. The van der Waals surface area contributed by atoms with Gasteiger partial charge in [-0.25, -0.2) is 4.98 Å². The van der Waals surface area contributed by atoms with Gasteiger partial charge in [0.25, 0.3) is 5.69 Å². The van der Waals surface area contributed by atoms with Crippen LogP contribution < -0.4 is 20.4 Å². The number of benzene rings is 1. The molecule has 1 amide bonds. The first kappa shape index (κ1) is 32.0. The topological polar surface area (TPSA) is 126 Å². The smallest absolute Gasteiger partial charge is 0.269 e. The summed E-state index contributed by atoms with van der Waals surface area (Å²) in [6, 6.07) is 8.32. The fourth-order valence-corrected chi connectivity index (χ4v) is 4.88. The van der Waals surface area contributed by atoms with Gasteiger partial charge in [-0.3, -0.25) is 14.9 Å². The summed E-state index contributed by atoms with van der Waals surface area (Å²) in [5.74, 6) is 1.65. The molecule has 0 spiro atoms. The van der Waals surface area contributed by atoms with Crippen LogP contribution in [0.1, 0.15) is 65.5 Å². The van der Waals surface area contributed by atoms with Crippen LogP contribution >= 0.6 is 0 Å². The van der Waals surface area contributed by atoms with E-state index >= 15 is 0 Å². The predicted octanol–water partition coefficient (Wildman–Crippen LogP) is 4.81. The van der Waals surface area contributed by atoms with Gasteiger partial charge >= 0.3 is 0 Å². The van der Waals surface area contributed by atoms with Crippen molar-refractivity contribution in [2.75, 3.05) is 61.1 Å². The van der Waals surface area contributed by atoms with Crippen LogP contribution in [0.15, 0.2) is 30.3 Å². The van der Waals surface area contributed by atoms with Gasteiger partial charge in [-0.1, -0.05) is 27.2 Å². The van der Waals surface area contributed by atoms with Crippen LogP contribution in [0.4, 0.5) is 23.1 Å². The van der Waals surface area contributed by atoms with Crippen molar-refractivity contribution < 1.29 is 14.5 Å². The number of anilines is 3. The Morgan fingerprint density at radius 3 is 2.49 bits per heavy atom. The number of hydrogen-bond donors (Lipinski definition) is 2. The molecule has 2 aromatic rings. The number of nitro benzene ring substituents is 1. The molecule has 1 fully saturated rings. The lowest BCUT2D eigenvalue weighted by Gasteiger charge is -2.25. The van der Waals surface area contributed by atoms with Gasteiger partial charge in [-0.05, 0) is 57.1 Å². The largest absolute Gasteiger partial charge is 0.382 e. The Balaban J connectivity index is 1.74. The fourth-order valence-electron chi connectivity index (χ4n) is 4.88. The summed E-state index contributed by atoms with van der Waals surface area (Å²) in [5, 5.41) is 17.5. The Morgan fingerprint density at radius 1 is 1.07 bits per heavy atom. The molecule has 1 aromatic heterocycles. The molecule has 1 aliphatic heterocycles. The summed E-state index contributed by atoms with van der Waals surface area (Å²) in [6.45, 7) is 13.4. The summed E-state index contributed by atoms with van der Waals surface area (Å²) in [4.78, 5) is 38.1. The van der Waals surface area contributed by atoms with Crippen molar-refractivity contribution >= 4 is 29.0 Å². The Morgan fingerprint density at radius 2 is 1.80 bits per heavy atom. The maximum atomic E-state index is 13.1. The normalized spacial score (nSPS) is 14.6. The average molecular weight is 570 g/mol. The van der Waals surface area contributed by atoms with E-state index < -0.39 is 6.04 Å². The van der Waals surface area contributed by atoms with Crippen molar-refractivity contribution in [2.24, 2.45) is 5.92 Å². The highest BCUT2D eigenvalue weighted by molar-refractivity contribution is 5.84. The molecule has 3 rings (SSSR count). The lowest BCUT2D eigenvalue weighted by atomic mass is 10.0. The second kappa shape index (κ2) is 16.7. The molecule has 1 unspecified atom stereocenters. The fraction of sp³-hybridized carbons (Fsp3) is 0.633. The SMILES string of the molecule is CCCCc1cc(NC(CC(C)C)C(=O)NCCCOCC)nc(N2CCCN(c3ccc([N+](=O)[O-])cc3)CC2)n1. The highest BCUT2D eigenvalue weighted by Gasteiger charge is 2.23. The molecule has 0 aliphatic carbocycles. The molecule has 0 bridgehead atoms. The number of amides is 1. The number of nitro groups is 1. The molecular weight excluding hydrogens is 522 g/mol. The van der Waals surface area contributed by atoms with Gasteiger partial charge in [0.15, 0.2) is 0 Å². The standard InChI is InChI=1S/C30H47N7O4/c1-5-7-10-24-22-28(33-27(21-23(3)4)29(38)31-15-8-20-41-6-2)34-30(32-24)36-17-9-16-35(18-19-36)25-11-13-26(14-12-25)37(39)40/h11-14,22-23,27H,5-10,15-21H2,1-4H3,(H,31,38)(H,32,33,34). The quantitative estimate of drug-likeness (QED) is 0.166. The molecule has 226 valence electrons. The van der Waals surface area contributed by atoms with Gasteiger partial charge in [0.05, 0.1) is 4.92 Å². The zero-order valence-electron chi connectivity index (χ0n) is 25.1. The third-order valence-corrected chi connectivity index (χ3v) is 7.07. The molecule has 1 aromatic carbocycles. The van der Waals surface area contributed by atoms with Gasteiger partial charge in [0.1, 0.15) is 11.9 Å². The lowest BCUT2D eigenvalue weighted by Crippen LogP contribution is -2.41. The van der Waals surface area contributed by atoms with Crippen molar-refractivity contribution in [1.29, 1.82) is 0 Å². The number of carbonyl (C=O) groups is 1. The van der Waals surface area contributed by atoms with E-state index in [1.165, 1.54) is 0 Å². The first-order valence-electron chi connectivity index (χ1n) is 15.0. The van der Waals surface area contributed by atoms with E-state index in [-0.39, 0.29) is 16.5 Å². The molecule has 0 saturated carbocycles. The maximum Gasteiger partial charge on any atom is 0.269 e. The Bertz CT molecular complexity index is 1100. The Hall–Kier alpha value is -3.47. The molecular formula is C30H47N7O4. The van der Waals surface area contributed by atoms with Crippen molar-refractivity contribution in [3.63, 3.8) is 0 Å². The Labute approximate surface area is 244 Å². The van der Waals surface area contributed by atoms with Crippen molar-refractivity contribution in [3.05, 3.63) is 46.1 Å². The van der Waals surface area contributed by atoms with Crippen LogP contribution in [-0.4, -0.2) is 72.8 Å². The first-order chi connectivity index (χ1) is 19.8. The summed E-state index contributed by atoms with van der Waals surface area (Å²) < 4.78 is 5.39. The molecule has 0 radical (unpaired) electrons. The molecule has 11 nitrogen and oxygen atoms in total. The number of unbranched alkanes of at least 4 members (excludes halogenated alkanes) is 1. The van der Waals surface area contributed by atoms with Gasteiger partial charge in [-0.2, -0.15) is 4.98 Å². The molecule has 2 N–H and O–H groups in total. The van der Waals surface area contributed by atoms with Crippen molar-refractivity contribution in [1.82, 2.24) is 15.3 Å². The van der Waals surface area contributed by atoms with E-state index in [4.69, 9.17) is 14.7 Å². The molecule has 41 heavy (non-hydrogen) atoms. The van der Waals surface area contributed by atoms with Crippen LogP contribution in [0.2, 0.25) is 0 Å². The second-order valence-corrected chi connectivity index (χ2v) is 10.9. The highest BCUT2D eigenvalue weighted by Crippen LogP contribution is 2.23. The Kier molecular flexibility index (Phi) is 13.1. The van der Waals surface area contributed by atoms with E-state index in [9.17, 15) is 14.9 Å². The zero-order chi connectivity index (χ0) is 29.6. The minimum atomic E-state index is -0.398. The highest BCUT2D eigenvalue weighted by atomic mass is 16.6. The summed E-state index contributed by atoms with van der Waals surface area (Å²) in [7, 11) is 0. The van der Waals surface area contributed by atoms with Gasteiger partial charge in [0, 0.05) is 75.5 Å². The van der Waals surface area contributed by atoms with E-state index in [0.717, 1.165) is 69.7 Å². The van der Waals surface area contributed by atoms with Gasteiger partial charge < -0.3 is 25.2 Å². The second-order valence-electron chi connectivity index (χ2n) is 10.9. The third kappa shape index (κ3) is 10.5. The number of non-ortho nitro benzene ring substituents is 1. The van der Waals surface area contributed by atoms with Gasteiger partial charge in [0.2, 0.25) is 11.9 Å². The zero-order valence-corrected chi connectivity index (χ0v) is 25.1. The van der Waals surface area contributed by atoms with Crippen molar-refractivity contribution in [2.45, 2.75) is 72.3 Å². The predicted molar refractivity (Wildman–Crippen MR) is 164 cm³/mol. The number of hydrogen-bond acceptors (Lipinski definition) is 9. The number of nitrogens with zero attached hydrogens (tertiary/aromatic N) is 5. The van der Waals surface area contributed by atoms with E-state index in [2.05, 4.69) is 41.2 Å². The molecule has 2 heterocycles. The lowest BCUT2D eigenvalue weighted by molar-refractivity contribution is -0.384. The number of carbonyl (C=O) groups excluding carboxylic acids is 1. The number of aryl methyl sites for hydroxylation is 1. The summed E-state index contributed by atoms with van der Waals surface area (Å²) >= 11 is 0. The van der Waals surface area contributed by atoms with Crippen LogP contribution in [0, 0.1) is 16.0 Å². The molecule has 1 aliphatic rings. The average Bonchev–Trinajstić information content (AvgIpc) is 3.22. The van der Waals surface area contributed by atoms with E-state index in [0.29, 0.717) is 43.9 Å². The number of aromatic nitrogens is 2. The van der Waals surface area contributed by atoms with Crippen LogP contribution in [-0.2, 0) is 16.0 Å². The van der Waals surface area contributed by atoms with Crippen molar-refractivity contribution in [3.8, 4) is 0 Å². The minimum absolute atomic E-state index is 0.0287. The van der Waals surface area contributed by atoms with Crippen LogP contribution in [0.5, 0.6) is 0 Å². The van der Waals surface area contributed by atoms with Crippen LogP contribution in [0.25, 0.3) is 0 Å². The monoisotopic (exact) mass is 569 g/mol. The summed E-state index contributed by atoms with van der Waals surface area (Å²) in [5.41, 5.74) is 2.04. The summed E-state index contributed by atoms with van der Waals surface area (Å²) in [6.07, 6.45) is 5.31. The molecule has 11 heteroatoms. The van der Waals surface area contributed by atoms with Crippen LogP contribution in [0.3, 0.4) is 0 Å². The number of ether oxygens (including phenoxy) is 1.